The molecule has 4 rings (SSSR count). The van der Waals surface area contributed by atoms with Gasteiger partial charge in [0.05, 0.1) is 11.4 Å². The number of ether oxygens (including phenoxy) is 2. The van der Waals surface area contributed by atoms with E-state index >= 15 is 0 Å². The molecule has 0 unspecified atom stereocenters. The molecule has 1 atom stereocenters. The SMILES string of the molecule is O=C(Nc1ccccc1-c1ccc(=O)[nH]n1)[C@@H]1COc2ccccc2O1. The van der Waals surface area contributed by atoms with Crippen molar-refractivity contribution < 1.29 is 14.3 Å². The predicted octanol–water partition coefficient (Wildman–Crippen LogP) is 2.22. The molecule has 26 heavy (non-hydrogen) atoms. The van der Waals surface area contributed by atoms with E-state index in [0.29, 0.717) is 28.4 Å². The van der Waals surface area contributed by atoms with Crippen molar-refractivity contribution in [3.63, 3.8) is 0 Å². The number of fused-ring (bicyclic) bond motifs is 1. The van der Waals surface area contributed by atoms with Crippen LogP contribution in [0.3, 0.4) is 0 Å². The second-order valence-corrected chi connectivity index (χ2v) is 5.71. The smallest absolute Gasteiger partial charge is 0.269 e. The number of anilines is 1. The van der Waals surface area contributed by atoms with Gasteiger partial charge in [-0.05, 0) is 24.3 Å². The molecule has 1 amide bonds. The Labute approximate surface area is 148 Å². The third-order valence-electron chi connectivity index (χ3n) is 3.94. The second-order valence-electron chi connectivity index (χ2n) is 5.71. The summed E-state index contributed by atoms with van der Waals surface area (Å²) in [6.45, 7) is 0.127. The highest BCUT2D eigenvalue weighted by Crippen LogP contribution is 2.31. The van der Waals surface area contributed by atoms with Gasteiger partial charge in [-0.1, -0.05) is 30.3 Å². The van der Waals surface area contributed by atoms with Crippen molar-refractivity contribution in [1.82, 2.24) is 10.2 Å². The lowest BCUT2D eigenvalue weighted by molar-refractivity contribution is -0.125. The van der Waals surface area contributed by atoms with Gasteiger partial charge >= 0.3 is 0 Å². The number of aromatic amines is 1. The highest BCUT2D eigenvalue weighted by Gasteiger charge is 2.27. The first kappa shape index (κ1) is 15.9. The molecule has 2 heterocycles. The van der Waals surface area contributed by atoms with E-state index in [1.54, 1.807) is 30.3 Å². The van der Waals surface area contributed by atoms with E-state index in [0.717, 1.165) is 0 Å². The third-order valence-corrected chi connectivity index (χ3v) is 3.94. The fourth-order valence-electron chi connectivity index (χ4n) is 2.67. The van der Waals surface area contributed by atoms with Gasteiger partial charge in [0, 0.05) is 11.6 Å². The first-order valence-electron chi connectivity index (χ1n) is 8.05. The van der Waals surface area contributed by atoms with Crippen LogP contribution in [0.1, 0.15) is 0 Å². The number of hydrogen-bond donors (Lipinski definition) is 2. The Morgan fingerprint density at radius 2 is 1.81 bits per heavy atom. The lowest BCUT2D eigenvalue weighted by Gasteiger charge is -2.25. The largest absolute Gasteiger partial charge is 0.485 e. The molecule has 0 radical (unpaired) electrons. The highest BCUT2D eigenvalue weighted by molar-refractivity contribution is 5.98. The summed E-state index contributed by atoms with van der Waals surface area (Å²) in [6, 6.07) is 17.4. The second kappa shape index (κ2) is 6.72. The van der Waals surface area contributed by atoms with Crippen molar-refractivity contribution in [2.24, 2.45) is 0 Å². The standard InChI is InChI=1S/C19H15N3O4/c23-18-10-9-14(21-22-18)12-5-1-2-6-13(12)20-19(24)17-11-25-15-7-3-4-8-16(15)26-17/h1-10,17H,11H2,(H,20,24)(H,22,23)/t17-/m0/s1. The molecule has 1 aromatic heterocycles. The number of aromatic nitrogens is 2. The van der Waals surface area contributed by atoms with Crippen LogP contribution in [-0.2, 0) is 4.79 Å². The van der Waals surface area contributed by atoms with Gasteiger partial charge in [0.1, 0.15) is 6.61 Å². The van der Waals surface area contributed by atoms with Crippen LogP contribution in [0.2, 0.25) is 0 Å². The van der Waals surface area contributed by atoms with Gasteiger partial charge < -0.3 is 14.8 Å². The van der Waals surface area contributed by atoms with Crippen LogP contribution < -0.4 is 20.3 Å². The summed E-state index contributed by atoms with van der Waals surface area (Å²) in [5.41, 5.74) is 1.52. The van der Waals surface area contributed by atoms with Crippen molar-refractivity contribution >= 4 is 11.6 Å². The molecule has 130 valence electrons. The minimum atomic E-state index is -0.763. The molecule has 3 aromatic rings. The zero-order chi connectivity index (χ0) is 17.9. The number of nitrogens with zero attached hydrogens (tertiary/aromatic N) is 1. The molecule has 2 aromatic carbocycles. The van der Waals surface area contributed by atoms with Crippen LogP contribution in [0.4, 0.5) is 5.69 Å². The highest BCUT2D eigenvalue weighted by atomic mass is 16.6. The van der Waals surface area contributed by atoms with Crippen molar-refractivity contribution in [3.8, 4) is 22.8 Å². The maximum absolute atomic E-state index is 12.6. The van der Waals surface area contributed by atoms with Gasteiger partial charge in [-0.2, -0.15) is 5.10 Å². The summed E-state index contributed by atoms with van der Waals surface area (Å²) in [5, 5.41) is 9.25. The lowest BCUT2D eigenvalue weighted by Crippen LogP contribution is -2.40. The Morgan fingerprint density at radius 3 is 2.62 bits per heavy atom. The summed E-state index contributed by atoms with van der Waals surface area (Å²) < 4.78 is 11.3. The molecule has 7 heteroatoms. The molecule has 0 spiro atoms. The summed E-state index contributed by atoms with van der Waals surface area (Å²) in [6.07, 6.45) is -0.763. The number of amides is 1. The Kier molecular flexibility index (Phi) is 4.10. The number of H-pyrrole nitrogens is 1. The van der Waals surface area contributed by atoms with Gasteiger partial charge in [0.25, 0.3) is 11.5 Å². The van der Waals surface area contributed by atoms with Gasteiger partial charge in [0.2, 0.25) is 6.10 Å². The number of carbonyl (C=O) groups excluding carboxylic acids is 1. The average Bonchev–Trinajstić information content (AvgIpc) is 2.69. The maximum atomic E-state index is 12.6. The molecule has 0 saturated carbocycles. The quantitative estimate of drug-likeness (QED) is 0.756. The lowest BCUT2D eigenvalue weighted by atomic mass is 10.1. The van der Waals surface area contributed by atoms with Gasteiger partial charge in [0.15, 0.2) is 11.5 Å². The number of carbonyl (C=O) groups is 1. The Bertz CT molecular complexity index is 995. The fraction of sp³-hybridized carbons (Fsp3) is 0.105. The van der Waals surface area contributed by atoms with Crippen LogP contribution in [0, 0.1) is 0 Å². The Hall–Kier alpha value is -3.61. The zero-order valence-electron chi connectivity index (χ0n) is 13.6. The van der Waals surface area contributed by atoms with Gasteiger partial charge in [-0.3, -0.25) is 9.59 Å². The molecular formula is C19H15N3O4. The molecule has 2 N–H and O–H groups in total. The minimum absolute atomic E-state index is 0.127. The van der Waals surface area contributed by atoms with Crippen molar-refractivity contribution in [2.45, 2.75) is 6.10 Å². The molecular weight excluding hydrogens is 334 g/mol. The molecule has 0 bridgehead atoms. The van der Waals surface area contributed by atoms with E-state index in [1.165, 1.54) is 6.07 Å². The first-order chi connectivity index (χ1) is 12.7. The minimum Gasteiger partial charge on any atom is -0.485 e. The Balaban J connectivity index is 1.56. The van der Waals surface area contributed by atoms with E-state index in [2.05, 4.69) is 15.5 Å². The summed E-state index contributed by atoms with van der Waals surface area (Å²) in [5.74, 6) is 0.834. The fourth-order valence-corrected chi connectivity index (χ4v) is 2.67. The third kappa shape index (κ3) is 3.14. The number of hydrogen-bond acceptors (Lipinski definition) is 5. The van der Waals surface area contributed by atoms with Gasteiger partial charge in [-0.25, -0.2) is 5.10 Å². The normalized spacial score (nSPS) is 15.3. The van der Waals surface area contributed by atoms with Crippen LogP contribution in [0.15, 0.2) is 65.5 Å². The summed E-state index contributed by atoms with van der Waals surface area (Å²) in [7, 11) is 0. The van der Waals surface area contributed by atoms with E-state index in [4.69, 9.17) is 9.47 Å². The zero-order valence-corrected chi connectivity index (χ0v) is 13.6. The molecule has 0 saturated heterocycles. The van der Waals surface area contributed by atoms with Gasteiger partial charge in [-0.15, -0.1) is 0 Å². The van der Waals surface area contributed by atoms with E-state index in [9.17, 15) is 9.59 Å². The van der Waals surface area contributed by atoms with Crippen LogP contribution in [-0.4, -0.2) is 28.8 Å². The number of para-hydroxylation sites is 3. The summed E-state index contributed by atoms with van der Waals surface area (Å²) in [4.78, 5) is 23.8. The maximum Gasteiger partial charge on any atom is 0.269 e. The van der Waals surface area contributed by atoms with Crippen LogP contribution in [0.25, 0.3) is 11.3 Å². The molecule has 0 aliphatic carbocycles. The summed E-state index contributed by atoms with van der Waals surface area (Å²) >= 11 is 0. The van der Waals surface area contributed by atoms with E-state index in [1.807, 2.05) is 24.3 Å². The van der Waals surface area contributed by atoms with Crippen molar-refractivity contribution in [1.29, 1.82) is 0 Å². The number of nitrogens with one attached hydrogen (secondary N) is 2. The first-order valence-corrected chi connectivity index (χ1v) is 8.05. The molecule has 7 nitrogen and oxygen atoms in total. The average molecular weight is 349 g/mol. The van der Waals surface area contributed by atoms with Crippen LogP contribution in [0.5, 0.6) is 11.5 Å². The topological polar surface area (TPSA) is 93.3 Å². The molecule has 1 aliphatic heterocycles. The van der Waals surface area contributed by atoms with Crippen molar-refractivity contribution in [2.75, 3.05) is 11.9 Å². The molecule has 1 aliphatic rings. The van der Waals surface area contributed by atoms with Crippen molar-refractivity contribution in [3.05, 3.63) is 71.0 Å². The van der Waals surface area contributed by atoms with Crippen LogP contribution >= 0.6 is 0 Å². The monoisotopic (exact) mass is 349 g/mol. The Morgan fingerprint density at radius 1 is 1.04 bits per heavy atom. The predicted molar refractivity (Wildman–Crippen MR) is 95.3 cm³/mol. The number of benzene rings is 2. The number of rotatable bonds is 3. The van der Waals surface area contributed by atoms with E-state index in [-0.39, 0.29) is 18.1 Å². The molecule has 0 fully saturated rings. The van der Waals surface area contributed by atoms with E-state index < -0.39 is 6.10 Å².